The van der Waals surface area contributed by atoms with E-state index < -0.39 is 10.2 Å². The van der Waals surface area contributed by atoms with Crippen LogP contribution in [-0.2, 0) is 16.6 Å². The molecule has 0 bridgehead atoms. The van der Waals surface area contributed by atoms with Crippen molar-refractivity contribution in [2.45, 2.75) is 44.7 Å². The van der Waals surface area contributed by atoms with E-state index in [1.807, 2.05) is 0 Å². The highest BCUT2D eigenvalue weighted by Crippen LogP contribution is 2.43. The second-order valence-electron chi connectivity index (χ2n) is 8.07. The number of hydrogen-bond acceptors (Lipinski definition) is 3. The summed E-state index contributed by atoms with van der Waals surface area (Å²) in [4.78, 5) is 2.60. The molecule has 0 amide bonds. The highest BCUT2D eigenvalue weighted by Gasteiger charge is 2.46. The number of hydrogen-bond donors (Lipinski definition) is 0. The molecule has 5 nitrogen and oxygen atoms in total. The average molecular weight is 364 g/mol. The van der Waals surface area contributed by atoms with Gasteiger partial charge in [0.15, 0.2) is 0 Å². The zero-order chi connectivity index (χ0) is 17.8. The van der Waals surface area contributed by atoms with Crippen molar-refractivity contribution in [3.05, 3.63) is 34.9 Å². The van der Waals surface area contributed by atoms with Crippen LogP contribution < -0.4 is 0 Å². The lowest BCUT2D eigenvalue weighted by atomic mass is 9.77. The van der Waals surface area contributed by atoms with Gasteiger partial charge in [0.1, 0.15) is 0 Å². The highest BCUT2D eigenvalue weighted by atomic mass is 32.2. The number of aryl methyl sites for hydroxylation is 1. The summed E-state index contributed by atoms with van der Waals surface area (Å²) < 4.78 is 28.8. The smallest absolute Gasteiger partial charge is 0.281 e. The van der Waals surface area contributed by atoms with E-state index in [1.54, 1.807) is 18.4 Å². The molecule has 138 valence electrons. The molecule has 0 aliphatic carbocycles. The minimum atomic E-state index is -3.34. The van der Waals surface area contributed by atoms with Gasteiger partial charge >= 0.3 is 0 Å². The summed E-state index contributed by atoms with van der Waals surface area (Å²) in [7, 11) is -0.0529. The first-order valence-electron chi connectivity index (χ1n) is 9.40. The van der Waals surface area contributed by atoms with Crippen molar-refractivity contribution < 1.29 is 8.42 Å². The predicted molar refractivity (Wildman–Crippen MR) is 99.6 cm³/mol. The Balaban J connectivity index is 1.67. The van der Waals surface area contributed by atoms with E-state index >= 15 is 0 Å². The zero-order valence-corrected chi connectivity index (χ0v) is 16.3. The normalized spacial score (nSPS) is 30.6. The van der Waals surface area contributed by atoms with Gasteiger partial charge in [-0.2, -0.15) is 17.0 Å². The van der Waals surface area contributed by atoms with Crippen molar-refractivity contribution in [2.75, 3.05) is 33.7 Å². The Morgan fingerprint density at radius 3 is 2.76 bits per heavy atom. The van der Waals surface area contributed by atoms with Crippen LogP contribution in [0.25, 0.3) is 0 Å². The molecule has 0 N–H and O–H groups in total. The fourth-order valence-corrected chi connectivity index (χ4v) is 6.42. The topological polar surface area (TPSA) is 43.9 Å². The second-order valence-corrected chi connectivity index (χ2v) is 10.2. The van der Waals surface area contributed by atoms with E-state index in [0.717, 1.165) is 38.8 Å². The number of rotatable bonds is 2. The molecule has 25 heavy (non-hydrogen) atoms. The van der Waals surface area contributed by atoms with Crippen molar-refractivity contribution >= 4 is 10.2 Å². The number of nitrogens with zero attached hydrogens (tertiary/aromatic N) is 3. The fraction of sp³-hybridized carbons (Fsp3) is 0.684. The molecule has 2 fully saturated rings. The lowest BCUT2D eigenvalue weighted by molar-refractivity contribution is 0.0203. The van der Waals surface area contributed by atoms with Gasteiger partial charge in [0.25, 0.3) is 10.2 Å². The van der Waals surface area contributed by atoms with Gasteiger partial charge in [0.05, 0.1) is 0 Å². The Labute approximate surface area is 151 Å². The zero-order valence-electron chi connectivity index (χ0n) is 15.5. The standard InChI is InChI=1S/C19H29N3O2S/c1-14-6-7-17-15(11-14)8-10-21-13-16-5-4-9-22(18(16)12-19(17)21)25(23,24)20(2)3/h6-7,11,16,18-19H,4-5,8-10,12-13H2,1-3H3. The molecule has 3 unspecified atom stereocenters. The van der Waals surface area contributed by atoms with Crippen LogP contribution >= 0.6 is 0 Å². The van der Waals surface area contributed by atoms with Crippen LogP contribution in [0.3, 0.4) is 0 Å². The van der Waals surface area contributed by atoms with E-state index in [2.05, 4.69) is 30.0 Å². The van der Waals surface area contributed by atoms with Gasteiger partial charge in [-0.25, -0.2) is 0 Å². The number of benzene rings is 1. The van der Waals surface area contributed by atoms with Crippen LogP contribution in [0.1, 0.15) is 42.0 Å². The van der Waals surface area contributed by atoms with E-state index in [1.165, 1.54) is 21.0 Å². The molecule has 3 heterocycles. The van der Waals surface area contributed by atoms with Crippen LogP contribution in [0.4, 0.5) is 0 Å². The Hall–Kier alpha value is -0.950. The van der Waals surface area contributed by atoms with Crippen LogP contribution in [-0.4, -0.2) is 61.7 Å². The SMILES string of the molecule is Cc1ccc2c(c1)CCN1CC3CCCN(S(=O)(=O)N(C)C)C3CC21. The lowest BCUT2D eigenvalue weighted by Crippen LogP contribution is -2.59. The third-order valence-corrected chi connectivity index (χ3v) is 8.29. The third-order valence-electron chi connectivity index (χ3n) is 6.33. The van der Waals surface area contributed by atoms with Crippen molar-refractivity contribution in [3.8, 4) is 0 Å². The second kappa shape index (κ2) is 6.34. The van der Waals surface area contributed by atoms with E-state index in [9.17, 15) is 8.42 Å². The molecular formula is C19H29N3O2S. The summed E-state index contributed by atoms with van der Waals surface area (Å²) in [6, 6.07) is 7.28. The van der Waals surface area contributed by atoms with Gasteiger partial charge in [-0.1, -0.05) is 23.8 Å². The number of piperidine rings is 2. The van der Waals surface area contributed by atoms with Gasteiger partial charge in [-0.3, -0.25) is 4.90 Å². The Morgan fingerprint density at radius 2 is 2.00 bits per heavy atom. The molecular weight excluding hydrogens is 334 g/mol. The third kappa shape index (κ3) is 2.93. The van der Waals surface area contributed by atoms with Crippen LogP contribution in [0.5, 0.6) is 0 Å². The maximum atomic E-state index is 12.8. The van der Waals surface area contributed by atoms with Crippen LogP contribution in [0.15, 0.2) is 18.2 Å². The van der Waals surface area contributed by atoms with Gasteiger partial charge in [-0.05, 0) is 49.7 Å². The van der Waals surface area contributed by atoms with Gasteiger partial charge in [0, 0.05) is 45.8 Å². The lowest BCUT2D eigenvalue weighted by Gasteiger charge is -2.52. The van der Waals surface area contributed by atoms with Crippen LogP contribution in [0, 0.1) is 12.8 Å². The average Bonchev–Trinajstić information content (AvgIpc) is 2.58. The molecule has 4 rings (SSSR count). The Kier molecular flexibility index (Phi) is 4.43. The first-order chi connectivity index (χ1) is 11.9. The van der Waals surface area contributed by atoms with E-state index in [-0.39, 0.29) is 6.04 Å². The molecule has 6 heteroatoms. The molecule has 3 aliphatic rings. The van der Waals surface area contributed by atoms with Crippen molar-refractivity contribution in [1.82, 2.24) is 13.5 Å². The summed E-state index contributed by atoms with van der Waals surface area (Å²) in [6.07, 6.45) is 4.16. The molecule has 0 radical (unpaired) electrons. The van der Waals surface area contributed by atoms with Gasteiger partial charge in [-0.15, -0.1) is 0 Å². The molecule has 0 spiro atoms. The minimum absolute atomic E-state index is 0.134. The van der Waals surface area contributed by atoms with E-state index in [0.29, 0.717) is 18.5 Å². The summed E-state index contributed by atoms with van der Waals surface area (Å²) in [6.45, 7) is 4.94. The van der Waals surface area contributed by atoms with E-state index in [4.69, 9.17) is 0 Å². The minimum Gasteiger partial charge on any atom is -0.296 e. The quantitative estimate of drug-likeness (QED) is 0.809. The molecule has 0 saturated carbocycles. The van der Waals surface area contributed by atoms with Crippen molar-refractivity contribution in [3.63, 3.8) is 0 Å². The largest absolute Gasteiger partial charge is 0.296 e. The monoisotopic (exact) mass is 363 g/mol. The highest BCUT2D eigenvalue weighted by molar-refractivity contribution is 7.86. The maximum Gasteiger partial charge on any atom is 0.281 e. The molecule has 1 aromatic rings. The first kappa shape index (κ1) is 17.5. The van der Waals surface area contributed by atoms with Crippen LogP contribution in [0.2, 0.25) is 0 Å². The summed E-state index contributed by atoms with van der Waals surface area (Å²) in [5.74, 6) is 0.465. The summed E-state index contributed by atoms with van der Waals surface area (Å²) >= 11 is 0. The Morgan fingerprint density at radius 1 is 1.20 bits per heavy atom. The summed E-state index contributed by atoms with van der Waals surface area (Å²) in [5.41, 5.74) is 4.19. The molecule has 2 saturated heterocycles. The molecule has 1 aromatic carbocycles. The Bertz CT molecular complexity index is 762. The van der Waals surface area contributed by atoms with Crippen molar-refractivity contribution in [2.24, 2.45) is 5.92 Å². The van der Waals surface area contributed by atoms with Gasteiger partial charge in [0.2, 0.25) is 0 Å². The molecule has 0 aromatic heterocycles. The fourth-order valence-electron chi connectivity index (χ4n) is 5.04. The number of fused-ring (bicyclic) bond motifs is 4. The maximum absolute atomic E-state index is 12.8. The predicted octanol–water partition coefficient (Wildman–Crippen LogP) is 2.18. The molecule has 3 aliphatic heterocycles. The summed E-state index contributed by atoms with van der Waals surface area (Å²) in [5, 5.41) is 0. The van der Waals surface area contributed by atoms with Gasteiger partial charge < -0.3 is 0 Å². The van der Waals surface area contributed by atoms with Crippen molar-refractivity contribution in [1.29, 1.82) is 0 Å². The molecule has 3 atom stereocenters. The first-order valence-corrected chi connectivity index (χ1v) is 10.8.